The van der Waals surface area contributed by atoms with Gasteiger partial charge in [0.15, 0.2) is 0 Å². The molecule has 2 aromatic rings. The first-order valence-electron chi connectivity index (χ1n) is 6.95. The highest BCUT2D eigenvalue weighted by Crippen LogP contribution is 2.27. The van der Waals surface area contributed by atoms with Crippen molar-refractivity contribution in [1.29, 1.82) is 0 Å². The molecule has 0 amide bonds. The number of para-hydroxylation sites is 1. The van der Waals surface area contributed by atoms with Crippen LogP contribution < -0.4 is 4.74 Å². The van der Waals surface area contributed by atoms with E-state index < -0.39 is 6.10 Å². The number of nitrogens with zero attached hydrogens (tertiary/aromatic N) is 1. The number of fused-ring (bicyclic) bond motifs is 1. The predicted octanol–water partition coefficient (Wildman–Crippen LogP) is 2.85. The number of aliphatic hydroxyl groups is 1. The minimum Gasteiger partial charge on any atom is -0.490 e. The highest BCUT2D eigenvalue weighted by Gasteiger charge is 2.12. The van der Waals surface area contributed by atoms with E-state index in [4.69, 9.17) is 9.47 Å². The maximum absolute atomic E-state index is 13.8. The highest BCUT2D eigenvalue weighted by atomic mass is 19.1. The van der Waals surface area contributed by atoms with E-state index in [0.717, 1.165) is 0 Å². The number of aryl methyl sites for hydroxylation is 1. The van der Waals surface area contributed by atoms with Crippen molar-refractivity contribution < 1.29 is 19.0 Å². The third-order valence-corrected chi connectivity index (χ3v) is 2.93. The second-order valence-electron chi connectivity index (χ2n) is 5.24. The smallest absolute Gasteiger partial charge is 0.149 e. The summed E-state index contributed by atoms with van der Waals surface area (Å²) in [6.45, 7) is 5.86. The third-order valence-electron chi connectivity index (χ3n) is 2.93. The maximum Gasteiger partial charge on any atom is 0.149 e. The van der Waals surface area contributed by atoms with Crippen LogP contribution in [-0.4, -0.2) is 35.5 Å². The van der Waals surface area contributed by atoms with Crippen LogP contribution in [0.2, 0.25) is 0 Å². The lowest BCUT2D eigenvalue weighted by molar-refractivity contribution is -0.0120. The standard InChI is InChI=1S/C16H20FNO3/c1-10(2)20-8-12(19)9-21-15-7-11(3)18-16-13(15)5-4-6-14(16)17/h4-7,10,12,19H,8-9H2,1-3H3/t12-/m0/s1. The molecule has 0 aliphatic rings. The SMILES string of the molecule is Cc1cc(OC[C@@H](O)COC(C)C)c2cccc(F)c2n1. The minimum absolute atomic E-state index is 0.0535. The van der Waals surface area contributed by atoms with Crippen molar-refractivity contribution >= 4 is 10.9 Å². The van der Waals surface area contributed by atoms with Crippen LogP contribution in [0.3, 0.4) is 0 Å². The van der Waals surface area contributed by atoms with Gasteiger partial charge in [0, 0.05) is 17.1 Å². The van der Waals surface area contributed by atoms with Crippen molar-refractivity contribution in [3.05, 3.63) is 35.8 Å². The molecule has 1 aromatic carbocycles. The van der Waals surface area contributed by atoms with E-state index in [1.807, 2.05) is 13.8 Å². The van der Waals surface area contributed by atoms with Gasteiger partial charge in [0.05, 0.1) is 12.7 Å². The summed E-state index contributed by atoms with van der Waals surface area (Å²) in [5.41, 5.74) is 0.941. The summed E-state index contributed by atoms with van der Waals surface area (Å²) in [5.74, 6) is 0.130. The molecule has 0 aliphatic carbocycles. The zero-order valence-corrected chi connectivity index (χ0v) is 12.5. The molecule has 1 atom stereocenters. The molecular weight excluding hydrogens is 273 g/mol. The molecule has 0 fully saturated rings. The van der Waals surface area contributed by atoms with Gasteiger partial charge in [-0.25, -0.2) is 9.37 Å². The van der Waals surface area contributed by atoms with E-state index >= 15 is 0 Å². The first kappa shape index (κ1) is 15.7. The van der Waals surface area contributed by atoms with Crippen LogP contribution in [0.4, 0.5) is 4.39 Å². The second-order valence-corrected chi connectivity index (χ2v) is 5.24. The van der Waals surface area contributed by atoms with Gasteiger partial charge in [0.2, 0.25) is 0 Å². The van der Waals surface area contributed by atoms with Crippen LogP contribution in [0.15, 0.2) is 24.3 Å². The number of hydrogen-bond acceptors (Lipinski definition) is 4. The molecule has 0 aliphatic heterocycles. The Morgan fingerprint density at radius 2 is 2.05 bits per heavy atom. The van der Waals surface area contributed by atoms with E-state index in [1.54, 1.807) is 25.1 Å². The van der Waals surface area contributed by atoms with E-state index in [2.05, 4.69) is 4.98 Å². The molecule has 0 spiro atoms. The Morgan fingerprint density at radius 1 is 1.29 bits per heavy atom. The summed E-state index contributed by atoms with van der Waals surface area (Å²) in [7, 11) is 0. The van der Waals surface area contributed by atoms with Crippen molar-refractivity contribution in [2.45, 2.75) is 33.0 Å². The fourth-order valence-electron chi connectivity index (χ4n) is 1.96. The lowest BCUT2D eigenvalue weighted by atomic mass is 10.2. The van der Waals surface area contributed by atoms with Crippen LogP contribution in [0.1, 0.15) is 19.5 Å². The number of aliphatic hydroxyl groups excluding tert-OH is 1. The minimum atomic E-state index is -0.732. The van der Waals surface area contributed by atoms with Gasteiger partial charge in [0.1, 0.15) is 29.8 Å². The van der Waals surface area contributed by atoms with Crippen LogP contribution in [-0.2, 0) is 4.74 Å². The van der Waals surface area contributed by atoms with Crippen molar-refractivity contribution in [1.82, 2.24) is 4.98 Å². The lowest BCUT2D eigenvalue weighted by Gasteiger charge is -2.16. The Hall–Kier alpha value is -1.72. The highest BCUT2D eigenvalue weighted by molar-refractivity contribution is 5.85. The molecule has 1 heterocycles. The largest absolute Gasteiger partial charge is 0.490 e. The van der Waals surface area contributed by atoms with Gasteiger partial charge >= 0.3 is 0 Å². The summed E-state index contributed by atoms with van der Waals surface area (Å²) < 4.78 is 24.7. The van der Waals surface area contributed by atoms with Gasteiger partial charge in [-0.2, -0.15) is 0 Å². The Morgan fingerprint density at radius 3 is 2.76 bits per heavy atom. The number of hydrogen-bond donors (Lipinski definition) is 1. The predicted molar refractivity (Wildman–Crippen MR) is 79.0 cm³/mol. The Labute approximate surface area is 123 Å². The third kappa shape index (κ3) is 4.12. The molecule has 0 radical (unpaired) electrons. The molecule has 21 heavy (non-hydrogen) atoms. The first-order chi connectivity index (χ1) is 9.97. The van der Waals surface area contributed by atoms with Crippen LogP contribution in [0.5, 0.6) is 5.75 Å². The van der Waals surface area contributed by atoms with Crippen molar-refractivity contribution in [3.8, 4) is 5.75 Å². The zero-order chi connectivity index (χ0) is 15.4. The van der Waals surface area contributed by atoms with E-state index in [9.17, 15) is 9.50 Å². The molecule has 0 saturated heterocycles. The molecule has 2 rings (SSSR count). The molecule has 1 N–H and O–H groups in total. The number of rotatable bonds is 6. The zero-order valence-electron chi connectivity index (χ0n) is 12.5. The molecule has 0 saturated carbocycles. The molecular formula is C16H20FNO3. The number of halogens is 1. The van der Waals surface area contributed by atoms with Gasteiger partial charge in [-0.3, -0.25) is 0 Å². The van der Waals surface area contributed by atoms with Gasteiger partial charge in [0.25, 0.3) is 0 Å². The normalized spacial score (nSPS) is 12.9. The van der Waals surface area contributed by atoms with Gasteiger partial charge in [-0.05, 0) is 32.9 Å². The fraction of sp³-hybridized carbons (Fsp3) is 0.438. The molecule has 4 nitrogen and oxygen atoms in total. The van der Waals surface area contributed by atoms with Crippen molar-refractivity contribution in [3.63, 3.8) is 0 Å². The summed E-state index contributed by atoms with van der Waals surface area (Å²) in [5, 5.41) is 10.4. The monoisotopic (exact) mass is 293 g/mol. The van der Waals surface area contributed by atoms with E-state index in [1.165, 1.54) is 6.07 Å². The molecule has 114 valence electrons. The Bertz CT molecular complexity index is 616. The molecule has 0 unspecified atom stereocenters. The van der Waals surface area contributed by atoms with Gasteiger partial charge in [-0.1, -0.05) is 6.07 Å². The lowest BCUT2D eigenvalue weighted by Crippen LogP contribution is -2.25. The molecule has 0 bridgehead atoms. The first-order valence-corrected chi connectivity index (χ1v) is 6.95. The summed E-state index contributed by atoms with van der Waals surface area (Å²) >= 11 is 0. The van der Waals surface area contributed by atoms with Crippen LogP contribution in [0.25, 0.3) is 10.9 Å². The summed E-state index contributed by atoms with van der Waals surface area (Å²) in [4.78, 5) is 4.18. The fourth-order valence-corrected chi connectivity index (χ4v) is 1.96. The number of aromatic nitrogens is 1. The summed E-state index contributed by atoms with van der Waals surface area (Å²) in [6.07, 6.45) is -0.678. The Kier molecular flexibility index (Phi) is 5.09. The number of benzene rings is 1. The summed E-state index contributed by atoms with van der Waals surface area (Å²) in [6, 6.07) is 6.46. The quantitative estimate of drug-likeness (QED) is 0.890. The van der Waals surface area contributed by atoms with E-state index in [-0.39, 0.29) is 30.7 Å². The van der Waals surface area contributed by atoms with Crippen molar-refractivity contribution in [2.75, 3.05) is 13.2 Å². The number of pyridine rings is 1. The van der Waals surface area contributed by atoms with Gasteiger partial charge in [-0.15, -0.1) is 0 Å². The average molecular weight is 293 g/mol. The number of ether oxygens (including phenoxy) is 2. The maximum atomic E-state index is 13.8. The van der Waals surface area contributed by atoms with Gasteiger partial charge < -0.3 is 14.6 Å². The second kappa shape index (κ2) is 6.83. The van der Waals surface area contributed by atoms with Crippen LogP contribution in [0, 0.1) is 12.7 Å². The average Bonchev–Trinajstić information content (AvgIpc) is 2.43. The Balaban J connectivity index is 2.13. The molecule has 5 heteroatoms. The molecule has 1 aromatic heterocycles. The van der Waals surface area contributed by atoms with Crippen molar-refractivity contribution in [2.24, 2.45) is 0 Å². The topological polar surface area (TPSA) is 51.6 Å². The van der Waals surface area contributed by atoms with Crippen LogP contribution >= 0.6 is 0 Å². The van der Waals surface area contributed by atoms with E-state index in [0.29, 0.717) is 16.8 Å².